The van der Waals surface area contributed by atoms with E-state index in [1.165, 1.54) is 46.4 Å². The van der Waals surface area contributed by atoms with Crippen LogP contribution in [0.1, 0.15) is 40.3 Å². The number of thioether (sulfide) groups is 1. The van der Waals surface area contributed by atoms with Crippen molar-refractivity contribution in [1.82, 2.24) is 0 Å². The van der Waals surface area contributed by atoms with Crippen molar-refractivity contribution in [2.75, 3.05) is 5.75 Å². The van der Waals surface area contributed by atoms with E-state index < -0.39 is 0 Å². The van der Waals surface area contributed by atoms with Crippen molar-refractivity contribution in [3.63, 3.8) is 0 Å². The lowest BCUT2D eigenvalue weighted by Gasteiger charge is -2.14. The number of hydrogen-bond acceptors (Lipinski definition) is 2. The molecule has 0 heterocycles. The van der Waals surface area contributed by atoms with Gasteiger partial charge < -0.3 is 5.73 Å². The van der Waals surface area contributed by atoms with E-state index in [4.69, 9.17) is 5.73 Å². The summed E-state index contributed by atoms with van der Waals surface area (Å²) in [5.41, 5.74) is 13.3. The van der Waals surface area contributed by atoms with E-state index in [9.17, 15) is 0 Å². The maximum Gasteiger partial charge on any atom is 0.0390 e. The van der Waals surface area contributed by atoms with Crippen molar-refractivity contribution < 1.29 is 0 Å². The van der Waals surface area contributed by atoms with E-state index >= 15 is 0 Å². The molecule has 3 rings (SSSR count). The largest absolute Gasteiger partial charge is 0.323 e. The van der Waals surface area contributed by atoms with Crippen LogP contribution in [0.5, 0.6) is 0 Å². The Kier molecular flexibility index (Phi) is 4.37. The van der Waals surface area contributed by atoms with E-state index in [0.29, 0.717) is 0 Å². The Hall–Kier alpha value is -1.25. The fourth-order valence-electron chi connectivity index (χ4n) is 2.92. The molecule has 2 N–H and O–H groups in total. The van der Waals surface area contributed by atoms with Crippen molar-refractivity contribution in [2.45, 2.75) is 44.0 Å². The SMILES string of the molecule is Cc1ccc(C(N)CSc2ccc3c(c2)CCC3)cc1C. The topological polar surface area (TPSA) is 26.0 Å². The van der Waals surface area contributed by atoms with Crippen molar-refractivity contribution >= 4 is 11.8 Å². The van der Waals surface area contributed by atoms with Gasteiger partial charge in [0.2, 0.25) is 0 Å². The molecule has 1 atom stereocenters. The first kappa shape index (κ1) is 14.7. The fraction of sp³-hybridized carbons (Fsp3) is 0.368. The monoisotopic (exact) mass is 297 g/mol. The smallest absolute Gasteiger partial charge is 0.0390 e. The Bertz CT molecular complexity index is 648. The van der Waals surface area contributed by atoms with Gasteiger partial charge in [-0.3, -0.25) is 0 Å². The van der Waals surface area contributed by atoms with Gasteiger partial charge in [0.05, 0.1) is 0 Å². The van der Waals surface area contributed by atoms with Crippen LogP contribution in [0.2, 0.25) is 0 Å². The average Bonchev–Trinajstić information content (AvgIpc) is 2.95. The second-order valence-electron chi connectivity index (χ2n) is 6.05. The van der Waals surface area contributed by atoms with Gasteiger partial charge in [0.25, 0.3) is 0 Å². The third-order valence-electron chi connectivity index (χ3n) is 4.46. The van der Waals surface area contributed by atoms with Crippen LogP contribution in [0, 0.1) is 13.8 Å². The highest BCUT2D eigenvalue weighted by Crippen LogP contribution is 2.29. The summed E-state index contributed by atoms with van der Waals surface area (Å²) in [5.74, 6) is 0.932. The maximum absolute atomic E-state index is 6.35. The molecule has 1 nitrogen and oxygen atoms in total. The molecule has 0 aromatic heterocycles. The normalized spacial score (nSPS) is 15.0. The predicted octanol–water partition coefficient (Wildman–Crippen LogP) is 4.58. The third-order valence-corrected chi connectivity index (χ3v) is 5.57. The van der Waals surface area contributed by atoms with E-state index in [1.807, 2.05) is 11.8 Å². The molecule has 0 amide bonds. The lowest BCUT2D eigenvalue weighted by molar-refractivity contribution is 0.829. The van der Waals surface area contributed by atoms with E-state index in [1.54, 1.807) is 5.56 Å². The van der Waals surface area contributed by atoms with Crippen LogP contribution >= 0.6 is 11.8 Å². The minimum absolute atomic E-state index is 0.0996. The second-order valence-corrected chi connectivity index (χ2v) is 7.14. The zero-order valence-electron chi connectivity index (χ0n) is 12.9. The first-order valence-corrected chi connectivity index (χ1v) is 8.69. The Balaban J connectivity index is 1.65. The van der Waals surface area contributed by atoms with Gasteiger partial charge >= 0.3 is 0 Å². The average molecular weight is 297 g/mol. The molecule has 2 heteroatoms. The van der Waals surface area contributed by atoms with Crippen molar-refractivity contribution in [1.29, 1.82) is 0 Å². The number of hydrogen-bond donors (Lipinski definition) is 1. The van der Waals surface area contributed by atoms with Gasteiger partial charge in [-0.1, -0.05) is 24.3 Å². The van der Waals surface area contributed by atoms with Gasteiger partial charge in [-0.15, -0.1) is 11.8 Å². The highest BCUT2D eigenvalue weighted by atomic mass is 32.2. The standard InChI is InChI=1S/C19H23NS/c1-13-6-7-17(10-14(13)2)19(20)12-21-18-9-8-15-4-3-5-16(15)11-18/h6-11,19H,3-5,12,20H2,1-2H3. The molecule has 2 aromatic carbocycles. The van der Waals surface area contributed by atoms with Gasteiger partial charge in [0.15, 0.2) is 0 Å². The molecule has 1 aliphatic carbocycles. The van der Waals surface area contributed by atoms with E-state index in [0.717, 1.165) is 5.75 Å². The van der Waals surface area contributed by atoms with Crippen LogP contribution in [0.15, 0.2) is 41.3 Å². The minimum atomic E-state index is 0.0996. The van der Waals surface area contributed by atoms with Crippen LogP contribution in [0.3, 0.4) is 0 Å². The van der Waals surface area contributed by atoms with E-state index in [2.05, 4.69) is 50.2 Å². The fourth-order valence-corrected chi connectivity index (χ4v) is 3.87. The van der Waals surface area contributed by atoms with Crippen LogP contribution in [0.4, 0.5) is 0 Å². The van der Waals surface area contributed by atoms with E-state index in [-0.39, 0.29) is 6.04 Å². The summed E-state index contributed by atoms with van der Waals surface area (Å²) < 4.78 is 0. The van der Waals surface area contributed by atoms with Crippen LogP contribution < -0.4 is 5.73 Å². The quantitative estimate of drug-likeness (QED) is 0.836. The zero-order chi connectivity index (χ0) is 14.8. The van der Waals surface area contributed by atoms with Gasteiger partial charge in [0, 0.05) is 16.7 Å². The molecular formula is C19H23NS. The lowest BCUT2D eigenvalue weighted by Crippen LogP contribution is -2.13. The number of rotatable bonds is 4. The summed E-state index contributed by atoms with van der Waals surface area (Å²) in [6, 6.07) is 13.6. The molecule has 2 aromatic rings. The highest BCUT2D eigenvalue weighted by molar-refractivity contribution is 7.99. The summed E-state index contributed by atoms with van der Waals surface area (Å²) in [7, 11) is 0. The molecule has 1 aliphatic rings. The second kappa shape index (κ2) is 6.25. The first-order chi connectivity index (χ1) is 10.1. The molecule has 0 spiro atoms. The van der Waals surface area contributed by atoms with Crippen molar-refractivity contribution in [3.05, 3.63) is 64.2 Å². The Morgan fingerprint density at radius 2 is 1.81 bits per heavy atom. The molecule has 110 valence electrons. The number of fused-ring (bicyclic) bond motifs is 1. The molecule has 1 unspecified atom stereocenters. The van der Waals surface area contributed by atoms with Gasteiger partial charge in [-0.05, 0) is 73.1 Å². The summed E-state index contributed by atoms with van der Waals surface area (Å²) >= 11 is 1.87. The maximum atomic E-state index is 6.35. The Morgan fingerprint density at radius 1 is 1.00 bits per heavy atom. The lowest BCUT2D eigenvalue weighted by atomic mass is 10.0. The zero-order valence-corrected chi connectivity index (χ0v) is 13.7. The van der Waals surface area contributed by atoms with Crippen molar-refractivity contribution in [2.24, 2.45) is 5.73 Å². The summed E-state index contributed by atoms with van der Waals surface area (Å²) in [6.07, 6.45) is 3.81. The Labute approximate surface area is 132 Å². The van der Waals surface area contributed by atoms with Crippen LogP contribution in [-0.4, -0.2) is 5.75 Å². The predicted molar refractivity (Wildman–Crippen MR) is 92.0 cm³/mol. The molecular weight excluding hydrogens is 274 g/mol. The highest BCUT2D eigenvalue weighted by Gasteiger charge is 2.12. The third kappa shape index (κ3) is 3.33. The minimum Gasteiger partial charge on any atom is -0.323 e. The number of nitrogens with two attached hydrogens (primary N) is 1. The van der Waals surface area contributed by atoms with Crippen molar-refractivity contribution in [3.8, 4) is 0 Å². The van der Waals surface area contributed by atoms with Gasteiger partial charge in [0.1, 0.15) is 0 Å². The van der Waals surface area contributed by atoms with Crippen LogP contribution in [-0.2, 0) is 12.8 Å². The summed E-state index contributed by atoms with van der Waals surface area (Å²) in [4.78, 5) is 1.36. The molecule has 21 heavy (non-hydrogen) atoms. The summed E-state index contributed by atoms with van der Waals surface area (Å²) in [5, 5.41) is 0. The summed E-state index contributed by atoms with van der Waals surface area (Å²) in [6.45, 7) is 4.29. The molecule has 0 saturated carbocycles. The number of aryl methyl sites for hydroxylation is 4. The van der Waals surface area contributed by atoms with Crippen LogP contribution in [0.25, 0.3) is 0 Å². The molecule has 0 saturated heterocycles. The molecule has 0 radical (unpaired) electrons. The first-order valence-electron chi connectivity index (χ1n) is 7.71. The van der Waals surface area contributed by atoms with Gasteiger partial charge in [-0.2, -0.15) is 0 Å². The molecule has 0 bridgehead atoms. The molecule has 0 aliphatic heterocycles. The van der Waals surface area contributed by atoms with Gasteiger partial charge in [-0.25, -0.2) is 0 Å². The Morgan fingerprint density at radius 3 is 2.62 bits per heavy atom. The molecule has 0 fully saturated rings. The number of benzene rings is 2.